The molecule has 1 aromatic heterocycles. The number of nitrogens with one attached hydrogen (secondary N) is 1. The van der Waals surface area contributed by atoms with Gasteiger partial charge in [-0.05, 0) is 24.8 Å². The Balaban J connectivity index is 2.26. The molecule has 0 aromatic carbocycles. The van der Waals surface area contributed by atoms with Crippen LogP contribution in [-0.2, 0) is 6.54 Å². The molecule has 0 spiro atoms. The molecule has 3 heteroatoms. The minimum atomic E-state index is -0.379. The summed E-state index contributed by atoms with van der Waals surface area (Å²) in [5.41, 5.74) is -0.379. The standard InChI is InChI=1S/C15H24N2S/c1-3-4-5-6-7-10-15(2,13-16)17-12-14-9-8-11-18-14/h8-9,11,17H,3-7,10,12H2,1-2H3. The average molecular weight is 264 g/mol. The molecule has 100 valence electrons. The van der Waals surface area contributed by atoms with E-state index in [1.807, 2.05) is 6.92 Å². The molecule has 1 heterocycles. The number of thiophene rings is 1. The van der Waals surface area contributed by atoms with E-state index >= 15 is 0 Å². The summed E-state index contributed by atoms with van der Waals surface area (Å²) in [6, 6.07) is 6.58. The van der Waals surface area contributed by atoms with Gasteiger partial charge in [0.2, 0.25) is 0 Å². The predicted molar refractivity (Wildman–Crippen MR) is 78.6 cm³/mol. The number of hydrogen-bond donors (Lipinski definition) is 1. The van der Waals surface area contributed by atoms with Crippen molar-refractivity contribution in [3.05, 3.63) is 22.4 Å². The van der Waals surface area contributed by atoms with Crippen LogP contribution in [0.3, 0.4) is 0 Å². The lowest BCUT2D eigenvalue weighted by Crippen LogP contribution is -2.40. The molecule has 1 aromatic rings. The quantitative estimate of drug-likeness (QED) is 0.667. The van der Waals surface area contributed by atoms with Crippen LogP contribution >= 0.6 is 11.3 Å². The lowest BCUT2D eigenvalue weighted by Gasteiger charge is -2.23. The van der Waals surface area contributed by atoms with Crippen LogP contribution in [0.2, 0.25) is 0 Å². The van der Waals surface area contributed by atoms with Gasteiger partial charge in [0.15, 0.2) is 0 Å². The zero-order chi connectivity index (χ0) is 13.3. The van der Waals surface area contributed by atoms with Crippen molar-refractivity contribution in [2.24, 2.45) is 0 Å². The van der Waals surface area contributed by atoms with Gasteiger partial charge in [0.25, 0.3) is 0 Å². The van der Waals surface area contributed by atoms with Gasteiger partial charge in [0.05, 0.1) is 6.07 Å². The third-order valence-electron chi connectivity index (χ3n) is 3.26. The van der Waals surface area contributed by atoms with Gasteiger partial charge in [-0.15, -0.1) is 11.3 Å². The normalized spacial score (nSPS) is 14.1. The molecule has 0 bridgehead atoms. The van der Waals surface area contributed by atoms with E-state index in [-0.39, 0.29) is 5.54 Å². The van der Waals surface area contributed by atoms with Crippen molar-refractivity contribution in [3.8, 4) is 6.07 Å². The highest BCUT2D eigenvalue weighted by Gasteiger charge is 2.22. The zero-order valence-electron chi connectivity index (χ0n) is 11.5. The topological polar surface area (TPSA) is 35.8 Å². The summed E-state index contributed by atoms with van der Waals surface area (Å²) in [5, 5.41) is 14.8. The zero-order valence-corrected chi connectivity index (χ0v) is 12.4. The van der Waals surface area contributed by atoms with E-state index in [1.54, 1.807) is 11.3 Å². The van der Waals surface area contributed by atoms with Gasteiger partial charge in [-0.3, -0.25) is 5.32 Å². The Morgan fingerprint density at radius 2 is 2.11 bits per heavy atom. The molecule has 0 aliphatic heterocycles. The first-order valence-electron chi connectivity index (χ1n) is 6.89. The van der Waals surface area contributed by atoms with Crippen LogP contribution < -0.4 is 5.32 Å². The molecule has 1 rings (SSSR count). The highest BCUT2D eigenvalue weighted by Crippen LogP contribution is 2.17. The van der Waals surface area contributed by atoms with Gasteiger partial charge in [0.1, 0.15) is 5.54 Å². The van der Waals surface area contributed by atoms with Crippen molar-refractivity contribution in [3.63, 3.8) is 0 Å². The third kappa shape index (κ3) is 5.66. The number of nitrogens with zero attached hydrogens (tertiary/aromatic N) is 1. The van der Waals surface area contributed by atoms with Crippen molar-refractivity contribution < 1.29 is 0 Å². The molecule has 2 nitrogen and oxygen atoms in total. The van der Waals surface area contributed by atoms with Gasteiger partial charge in [0, 0.05) is 11.4 Å². The molecule has 0 radical (unpaired) electrons. The first-order valence-corrected chi connectivity index (χ1v) is 7.77. The maximum atomic E-state index is 9.31. The van der Waals surface area contributed by atoms with Crippen LogP contribution in [0.4, 0.5) is 0 Å². The number of unbranched alkanes of at least 4 members (excludes halogenated alkanes) is 4. The highest BCUT2D eigenvalue weighted by molar-refractivity contribution is 7.09. The molecule has 1 atom stereocenters. The Morgan fingerprint density at radius 3 is 2.72 bits per heavy atom. The van der Waals surface area contributed by atoms with Crippen LogP contribution in [0.1, 0.15) is 57.2 Å². The monoisotopic (exact) mass is 264 g/mol. The van der Waals surface area contributed by atoms with E-state index in [2.05, 4.69) is 35.8 Å². The summed E-state index contributed by atoms with van der Waals surface area (Å²) in [6.07, 6.45) is 7.20. The van der Waals surface area contributed by atoms with Crippen molar-refractivity contribution in [2.75, 3.05) is 0 Å². The molecule has 0 aliphatic carbocycles. The van der Waals surface area contributed by atoms with E-state index in [0.717, 1.165) is 19.4 Å². The Hall–Kier alpha value is -0.850. The summed E-state index contributed by atoms with van der Waals surface area (Å²) in [4.78, 5) is 1.29. The van der Waals surface area contributed by atoms with Gasteiger partial charge in [-0.2, -0.15) is 5.26 Å². The minimum absolute atomic E-state index is 0.379. The highest BCUT2D eigenvalue weighted by atomic mass is 32.1. The summed E-state index contributed by atoms with van der Waals surface area (Å²) in [7, 11) is 0. The minimum Gasteiger partial charge on any atom is -0.295 e. The van der Waals surface area contributed by atoms with E-state index in [9.17, 15) is 5.26 Å². The lowest BCUT2D eigenvalue weighted by molar-refractivity contribution is 0.397. The van der Waals surface area contributed by atoms with Crippen molar-refractivity contribution in [1.29, 1.82) is 5.26 Å². The van der Waals surface area contributed by atoms with Crippen molar-refractivity contribution in [2.45, 2.75) is 64.5 Å². The fourth-order valence-corrected chi connectivity index (χ4v) is 2.61. The molecular weight excluding hydrogens is 240 g/mol. The molecule has 1 N–H and O–H groups in total. The smallest absolute Gasteiger partial charge is 0.104 e. The van der Waals surface area contributed by atoms with Crippen LogP contribution in [0.25, 0.3) is 0 Å². The van der Waals surface area contributed by atoms with Gasteiger partial charge < -0.3 is 0 Å². The van der Waals surface area contributed by atoms with Crippen LogP contribution in [0.5, 0.6) is 0 Å². The van der Waals surface area contributed by atoms with E-state index < -0.39 is 0 Å². The first kappa shape index (κ1) is 15.2. The predicted octanol–water partition coefficient (Wildman–Crippen LogP) is 4.48. The summed E-state index contributed by atoms with van der Waals surface area (Å²) >= 11 is 1.74. The fourth-order valence-electron chi connectivity index (χ4n) is 1.96. The fraction of sp³-hybridized carbons (Fsp3) is 0.667. The van der Waals surface area contributed by atoms with Crippen LogP contribution in [0.15, 0.2) is 17.5 Å². The Labute approximate surface area is 115 Å². The van der Waals surface area contributed by atoms with Crippen molar-refractivity contribution >= 4 is 11.3 Å². The van der Waals surface area contributed by atoms with Gasteiger partial charge in [-0.1, -0.05) is 45.1 Å². The maximum Gasteiger partial charge on any atom is 0.104 e. The number of nitriles is 1. The first-order chi connectivity index (χ1) is 8.70. The number of hydrogen-bond acceptors (Lipinski definition) is 3. The second-order valence-electron chi connectivity index (χ2n) is 5.04. The van der Waals surface area contributed by atoms with Crippen molar-refractivity contribution in [1.82, 2.24) is 5.32 Å². The Bertz CT molecular complexity index is 353. The van der Waals surface area contributed by atoms with Gasteiger partial charge >= 0.3 is 0 Å². The molecule has 0 amide bonds. The average Bonchev–Trinajstić information content (AvgIpc) is 2.89. The molecule has 0 saturated carbocycles. The van der Waals surface area contributed by atoms with Crippen LogP contribution in [-0.4, -0.2) is 5.54 Å². The second-order valence-corrected chi connectivity index (χ2v) is 6.07. The van der Waals surface area contributed by atoms with Crippen LogP contribution in [0, 0.1) is 11.3 Å². The lowest BCUT2D eigenvalue weighted by atomic mass is 9.95. The largest absolute Gasteiger partial charge is 0.295 e. The number of rotatable bonds is 9. The summed E-state index contributed by atoms with van der Waals surface area (Å²) in [5.74, 6) is 0. The SMILES string of the molecule is CCCCCCCC(C)(C#N)NCc1cccs1. The van der Waals surface area contributed by atoms with Gasteiger partial charge in [-0.25, -0.2) is 0 Å². The molecule has 0 aliphatic rings. The molecule has 0 saturated heterocycles. The molecule has 0 fully saturated rings. The summed E-state index contributed by atoms with van der Waals surface area (Å²) in [6.45, 7) is 5.04. The summed E-state index contributed by atoms with van der Waals surface area (Å²) < 4.78 is 0. The second kappa shape index (κ2) is 8.29. The Morgan fingerprint density at radius 1 is 1.33 bits per heavy atom. The van der Waals surface area contributed by atoms with E-state index in [4.69, 9.17) is 0 Å². The molecular formula is C15H24N2S. The maximum absolute atomic E-state index is 9.31. The van der Waals surface area contributed by atoms with E-state index in [0.29, 0.717) is 0 Å². The third-order valence-corrected chi connectivity index (χ3v) is 4.14. The Kier molecular flexibility index (Phi) is 7.00. The molecule has 1 unspecified atom stereocenters. The van der Waals surface area contributed by atoms with E-state index in [1.165, 1.54) is 30.6 Å². The molecule has 18 heavy (non-hydrogen) atoms.